The second-order valence-corrected chi connectivity index (χ2v) is 8.35. The van der Waals surface area contributed by atoms with Gasteiger partial charge >= 0.3 is 18.0 Å². The zero-order valence-electron chi connectivity index (χ0n) is 18.4. The molecule has 10 heteroatoms. The molecule has 0 bridgehead atoms. The van der Waals surface area contributed by atoms with Crippen molar-refractivity contribution in [1.82, 2.24) is 15.1 Å². The lowest BCUT2D eigenvalue weighted by atomic mass is 9.98. The first kappa shape index (κ1) is 23.6. The molecule has 34 heavy (non-hydrogen) atoms. The normalized spacial score (nSPS) is 16.0. The Labute approximate surface area is 195 Å². The van der Waals surface area contributed by atoms with E-state index in [1.165, 1.54) is 0 Å². The van der Waals surface area contributed by atoms with E-state index in [0.29, 0.717) is 0 Å². The number of amides is 2. The lowest BCUT2D eigenvalue weighted by Gasteiger charge is -2.35. The standard InChI is InChI=1S/C24H25F2N3O5/c25-24(26,22(32)29-11-9-28(10-12-29)13-21(30)31)15-27-23(33)34-14-20-18-7-3-1-5-16(18)17-6-2-4-8-19(17)20/h1-8,20H,9-15H2,(H,27,33)(H,30,31). The summed E-state index contributed by atoms with van der Waals surface area (Å²) in [6.07, 6.45) is -1.03. The van der Waals surface area contributed by atoms with Gasteiger partial charge in [-0.3, -0.25) is 14.5 Å². The number of carbonyl (C=O) groups is 3. The van der Waals surface area contributed by atoms with E-state index in [2.05, 4.69) is 0 Å². The first-order valence-corrected chi connectivity index (χ1v) is 11.0. The number of carboxylic acids is 1. The van der Waals surface area contributed by atoms with Crippen molar-refractivity contribution in [1.29, 1.82) is 0 Å². The van der Waals surface area contributed by atoms with E-state index in [1.807, 2.05) is 53.8 Å². The van der Waals surface area contributed by atoms with E-state index < -0.39 is 30.4 Å². The first-order chi connectivity index (χ1) is 16.3. The molecule has 1 aliphatic carbocycles. The second-order valence-electron chi connectivity index (χ2n) is 8.35. The summed E-state index contributed by atoms with van der Waals surface area (Å²) in [5.74, 6) is -6.43. The minimum absolute atomic E-state index is 0.00729. The Morgan fingerprint density at radius 1 is 0.971 bits per heavy atom. The number of ether oxygens (including phenoxy) is 1. The quantitative estimate of drug-likeness (QED) is 0.641. The van der Waals surface area contributed by atoms with Crippen molar-refractivity contribution < 1.29 is 33.0 Å². The minimum atomic E-state index is -3.81. The first-order valence-electron chi connectivity index (χ1n) is 11.0. The van der Waals surface area contributed by atoms with Crippen LogP contribution in [0, 0.1) is 0 Å². The highest BCUT2D eigenvalue weighted by Gasteiger charge is 2.43. The highest BCUT2D eigenvalue weighted by molar-refractivity contribution is 5.84. The monoisotopic (exact) mass is 473 g/mol. The smallest absolute Gasteiger partial charge is 0.407 e. The molecule has 0 radical (unpaired) electrons. The van der Waals surface area contributed by atoms with Crippen LogP contribution in [0.5, 0.6) is 0 Å². The zero-order chi connectivity index (χ0) is 24.3. The minimum Gasteiger partial charge on any atom is -0.480 e. The molecule has 0 unspecified atom stereocenters. The van der Waals surface area contributed by atoms with Crippen LogP contribution in [0.1, 0.15) is 17.0 Å². The van der Waals surface area contributed by atoms with Crippen molar-refractivity contribution in [2.45, 2.75) is 11.8 Å². The van der Waals surface area contributed by atoms with E-state index in [1.54, 1.807) is 4.90 Å². The summed E-state index contributed by atoms with van der Waals surface area (Å²) in [7, 11) is 0. The molecule has 1 aliphatic heterocycles. The van der Waals surface area contributed by atoms with Crippen molar-refractivity contribution in [2.24, 2.45) is 0 Å². The molecule has 2 aliphatic rings. The van der Waals surface area contributed by atoms with Crippen LogP contribution >= 0.6 is 0 Å². The number of alkyl carbamates (subject to hydrolysis) is 1. The summed E-state index contributed by atoms with van der Waals surface area (Å²) in [5, 5.41) is 10.8. The Kier molecular flexibility index (Phi) is 6.78. The number of halogens is 2. The molecule has 1 heterocycles. The van der Waals surface area contributed by atoms with Crippen LogP contribution in [0.3, 0.4) is 0 Å². The number of carboxylic acid groups (broad SMARTS) is 1. The van der Waals surface area contributed by atoms with Crippen LogP contribution < -0.4 is 5.32 Å². The van der Waals surface area contributed by atoms with Crippen molar-refractivity contribution in [2.75, 3.05) is 45.9 Å². The van der Waals surface area contributed by atoms with Crippen LogP contribution in [0.15, 0.2) is 48.5 Å². The number of alkyl halides is 2. The van der Waals surface area contributed by atoms with E-state index in [9.17, 15) is 23.2 Å². The number of benzene rings is 2. The molecule has 1 fully saturated rings. The van der Waals surface area contributed by atoms with Crippen molar-refractivity contribution in [3.8, 4) is 11.1 Å². The molecular weight excluding hydrogens is 448 g/mol. The Bertz CT molecular complexity index is 1040. The Hall–Kier alpha value is -3.53. The number of nitrogens with one attached hydrogen (secondary N) is 1. The van der Waals surface area contributed by atoms with Crippen LogP contribution in [-0.4, -0.2) is 84.7 Å². The molecule has 2 N–H and O–H groups in total. The molecule has 2 amide bonds. The van der Waals surface area contributed by atoms with Crippen molar-refractivity contribution >= 4 is 18.0 Å². The third-order valence-corrected chi connectivity index (χ3v) is 6.13. The highest BCUT2D eigenvalue weighted by atomic mass is 19.3. The van der Waals surface area contributed by atoms with Gasteiger partial charge in [0, 0.05) is 32.1 Å². The Balaban J connectivity index is 1.29. The number of hydrogen-bond acceptors (Lipinski definition) is 5. The maximum atomic E-state index is 14.4. The maximum Gasteiger partial charge on any atom is 0.407 e. The van der Waals surface area contributed by atoms with Gasteiger partial charge in [0.15, 0.2) is 0 Å². The lowest BCUT2D eigenvalue weighted by Crippen LogP contribution is -2.56. The molecular formula is C24H25F2N3O5. The van der Waals surface area contributed by atoms with E-state index in [-0.39, 0.29) is 45.2 Å². The fourth-order valence-electron chi connectivity index (χ4n) is 4.44. The predicted octanol–water partition coefficient (Wildman–Crippen LogP) is 2.39. The van der Waals surface area contributed by atoms with Gasteiger partial charge in [-0.1, -0.05) is 48.5 Å². The molecule has 2 aromatic rings. The van der Waals surface area contributed by atoms with Crippen molar-refractivity contribution in [3.05, 3.63) is 59.7 Å². The third-order valence-electron chi connectivity index (χ3n) is 6.13. The molecule has 1 saturated heterocycles. The Morgan fingerprint density at radius 3 is 2.09 bits per heavy atom. The van der Waals surface area contributed by atoms with Gasteiger partial charge in [-0.25, -0.2) is 4.79 Å². The summed E-state index contributed by atoms with van der Waals surface area (Å²) in [5.41, 5.74) is 4.10. The lowest BCUT2D eigenvalue weighted by molar-refractivity contribution is -0.158. The molecule has 0 spiro atoms. The average Bonchev–Trinajstić information content (AvgIpc) is 3.15. The maximum absolute atomic E-state index is 14.4. The largest absolute Gasteiger partial charge is 0.480 e. The summed E-state index contributed by atoms with van der Waals surface area (Å²) in [6.45, 7) is -1.05. The van der Waals surface area contributed by atoms with E-state index >= 15 is 0 Å². The topological polar surface area (TPSA) is 99.2 Å². The molecule has 2 aromatic carbocycles. The number of fused-ring (bicyclic) bond motifs is 3. The number of piperazine rings is 1. The molecule has 180 valence electrons. The fraction of sp³-hybridized carbons (Fsp3) is 0.375. The van der Waals surface area contributed by atoms with Crippen LogP contribution in [0.4, 0.5) is 13.6 Å². The SMILES string of the molecule is O=C(O)CN1CCN(C(=O)C(F)(F)CNC(=O)OCC2c3ccccc3-c3ccccc32)CC1. The molecule has 0 aromatic heterocycles. The average molecular weight is 473 g/mol. The van der Waals surface area contributed by atoms with Gasteiger partial charge in [0.05, 0.1) is 13.1 Å². The van der Waals surface area contributed by atoms with Gasteiger partial charge in [-0.2, -0.15) is 8.78 Å². The van der Waals surface area contributed by atoms with Gasteiger partial charge in [-0.15, -0.1) is 0 Å². The summed E-state index contributed by atoms with van der Waals surface area (Å²) in [6, 6.07) is 15.5. The van der Waals surface area contributed by atoms with Gasteiger partial charge < -0.3 is 20.1 Å². The van der Waals surface area contributed by atoms with Crippen LogP contribution in [0.25, 0.3) is 11.1 Å². The summed E-state index contributed by atoms with van der Waals surface area (Å²) >= 11 is 0. The predicted molar refractivity (Wildman–Crippen MR) is 119 cm³/mol. The Morgan fingerprint density at radius 2 is 1.53 bits per heavy atom. The summed E-state index contributed by atoms with van der Waals surface area (Å²) in [4.78, 5) is 37.7. The van der Waals surface area contributed by atoms with E-state index in [4.69, 9.17) is 9.84 Å². The third kappa shape index (κ3) is 5.01. The number of nitrogens with zero attached hydrogens (tertiary/aromatic N) is 2. The molecule has 0 saturated carbocycles. The number of aliphatic carboxylic acids is 1. The highest BCUT2D eigenvalue weighted by Crippen LogP contribution is 2.44. The number of hydrogen-bond donors (Lipinski definition) is 2. The molecule has 4 rings (SSSR count). The van der Waals surface area contributed by atoms with Crippen LogP contribution in [-0.2, 0) is 14.3 Å². The summed E-state index contributed by atoms with van der Waals surface area (Å²) < 4.78 is 34.1. The van der Waals surface area contributed by atoms with Gasteiger partial charge in [0.2, 0.25) is 0 Å². The second kappa shape index (κ2) is 9.76. The molecule has 8 nitrogen and oxygen atoms in total. The van der Waals surface area contributed by atoms with Crippen LogP contribution in [0.2, 0.25) is 0 Å². The number of rotatable bonds is 7. The van der Waals surface area contributed by atoms with Crippen molar-refractivity contribution in [3.63, 3.8) is 0 Å². The molecule has 0 atom stereocenters. The zero-order valence-corrected chi connectivity index (χ0v) is 18.4. The van der Waals surface area contributed by atoms with Gasteiger partial charge in [0.1, 0.15) is 6.61 Å². The van der Waals surface area contributed by atoms with Gasteiger partial charge in [0.25, 0.3) is 5.91 Å². The number of carbonyl (C=O) groups excluding carboxylic acids is 2. The van der Waals surface area contributed by atoms with E-state index in [0.717, 1.165) is 27.2 Å². The fourth-order valence-corrected chi connectivity index (χ4v) is 4.44. The van der Waals surface area contributed by atoms with Gasteiger partial charge in [-0.05, 0) is 22.3 Å².